The van der Waals surface area contributed by atoms with E-state index in [-0.39, 0.29) is 5.92 Å². The average Bonchev–Trinajstić information content (AvgIpc) is 3.02. The van der Waals surface area contributed by atoms with Crippen LogP contribution < -0.4 is 4.74 Å². The lowest BCUT2D eigenvalue weighted by Gasteiger charge is -2.40. The minimum atomic E-state index is -3.83. The van der Waals surface area contributed by atoms with E-state index in [1.54, 1.807) is 6.07 Å². The van der Waals surface area contributed by atoms with Crippen LogP contribution >= 0.6 is 0 Å². The number of hydrogen-bond acceptors (Lipinski definition) is 8. The molecule has 3 N–H and O–H groups in total. The van der Waals surface area contributed by atoms with E-state index in [0.29, 0.717) is 25.2 Å². The normalized spacial score (nSPS) is 29.5. The van der Waals surface area contributed by atoms with Gasteiger partial charge in [-0.1, -0.05) is 30.3 Å². The number of aliphatic hydroxyl groups excluding tert-OH is 3. The number of ether oxygens (including phenoxy) is 3. The van der Waals surface area contributed by atoms with Crippen LogP contribution in [0.5, 0.6) is 5.75 Å². The number of aryl methyl sites for hydroxylation is 1. The fourth-order valence-corrected chi connectivity index (χ4v) is 6.13. The molecule has 9 heteroatoms. The summed E-state index contributed by atoms with van der Waals surface area (Å²) in [5.74, 6) is 1.20. The van der Waals surface area contributed by atoms with Crippen molar-refractivity contribution in [3.05, 3.63) is 64.2 Å². The van der Waals surface area contributed by atoms with Gasteiger partial charge in [0.1, 0.15) is 30.2 Å². The van der Waals surface area contributed by atoms with E-state index in [2.05, 4.69) is 12.1 Å². The van der Waals surface area contributed by atoms with Crippen molar-refractivity contribution < 1.29 is 37.9 Å². The molecule has 0 aliphatic carbocycles. The van der Waals surface area contributed by atoms with Gasteiger partial charge in [0.05, 0.1) is 19.8 Å². The van der Waals surface area contributed by atoms with Gasteiger partial charge in [-0.05, 0) is 59.6 Å². The summed E-state index contributed by atoms with van der Waals surface area (Å²) < 4.78 is 41.3. The van der Waals surface area contributed by atoms with Crippen molar-refractivity contribution in [2.75, 3.05) is 26.1 Å². The number of aliphatic hydroxyl groups is 3. The molecule has 2 aromatic carbocycles. The molecule has 0 spiro atoms. The van der Waals surface area contributed by atoms with Gasteiger partial charge in [-0.15, -0.1) is 0 Å². The van der Waals surface area contributed by atoms with Gasteiger partial charge in [0.25, 0.3) is 0 Å². The topological polar surface area (TPSA) is 123 Å². The van der Waals surface area contributed by atoms with Gasteiger partial charge in [0.15, 0.2) is 15.3 Å². The molecule has 0 bridgehead atoms. The lowest BCUT2D eigenvalue weighted by molar-refractivity contribution is -0.202. The molecule has 5 rings (SSSR count). The Hall–Kier alpha value is -2.01. The highest BCUT2D eigenvalue weighted by Gasteiger charge is 2.48. The zero-order chi connectivity index (χ0) is 24.7. The summed E-state index contributed by atoms with van der Waals surface area (Å²) in [7, 11) is -3.83. The average molecular weight is 505 g/mol. The number of hydrogen-bond donors (Lipinski definition) is 3. The molecule has 3 aliphatic heterocycles. The van der Waals surface area contributed by atoms with Crippen LogP contribution in [0.1, 0.15) is 52.7 Å². The molecular weight excluding hydrogens is 472 g/mol. The first kappa shape index (κ1) is 24.7. The summed E-state index contributed by atoms with van der Waals surface area (Å²) in [6, 6.07) is 11.9. The molecule has 0 aromatic heterocycles. The molecule has 3 heterocycles. The molecule has 2 aromatic rings. The third-order valence-corrected chi connectivity index (χ3v) is 8.42. The zero-order valence-corrected chi connectivity index (χ0v) is 20.5. The van der Waals surface area contributed by atoms with E-state index in [1.165, 1.54) is 5.56 Å². The smallest absolute Gasteiger partial charge is 0.187 e. The molecule has 0 amide bonds. The highest BCUT2D eigenvalue weighted by Crippen LogP contribution is 2.37. The van der Waals surface area contributed by atoms with Crippen LogP contribution in [0, 0.1) is 0 Å². The number of fused-ring (bicyclic) bond motifs is 1. The Morgan fingerprint density at radius 1 is 0.971 bits per heavy atom. The minimum Gasteiger partial charge on any atom is -0.493 e. The molecule has 2 saturated heterocycles. The van der Waals surface area contributed by atoms with E-state index in [1.807, 2.05) is 18.2 Å². The maximum absolute atomic E-state index is 12.2. The van der Waals surface area contributed by atoms with Crippen molar-refractivity contribution in [1.29, 1.82) is 0 Å². The van der Waals surface area contributed by atoms with Gasteiger partial charge in [-0.25, -0.2) is 8.42 Å². The van der Waals surface area contributed by atoms with E-state index in [9.17, 15) is 23.7 Å². The van der Waals surface area contributed by atoms with Gasteiger partial charge >= 0.3 is 0 Å². The van der Waals surface area contributed by atoms with Crippen molar-refractivity contribution in [2.45, 2.75) is 61.5 Å². The van der Waals surface area contributed by atoms with Gasteiger partial charge in [0, 0.05) is 12.2 Å². The maximum Gasteiger partial charge on any atom is 0.187 e. The second-order valence-corrected chi connectivity index (χ2v) is 12.0. The largest absolute Gasteiger partial charge is 0.493 e. The fraction of sp³-hybridized carbons (Fsp3) is 0.538. The van der Waals surface area contributed by atoms with Gasteiger partial charge in [0.2, 0.25) is 0 Å². The number of rotatable bonds is 5. The predicted octanol–water partition coefficient (Wildman–Crippen LogP) is 1.63. The molecule has 0 radical (unpaired) electrons. The van der Waals surface area contributed by atoms with Crippen LogP contribution in [0.15, 0.2) is 36.4 Å². The third kappa shape index (κ3) is 4.98. The van der Waals surface area contributed by atoms with Crippen LogP contribution in [0.2, 0.25) is 0 Å². The summed E-state index contributed by atoms with van der Waals surface area (Å²) in [5.41, 5.74) is 3.41. The standard InChI is InChI=1S/C26H32O8S/c1-35(30,31)26-24(29)22(27)23(28)25(34-26)17-6-7-20(19-13-32-14-19)18(12-17)11-15-5-8-21-16(10-15)4-2-3-9-33-21/h5-8,10,12,19,22-29H,2-4,9,11,13-14H2,1H3/t22-,23-,24+,25+,26-/m1/s1. The Bertz CT molecular complexity index is 1180. The zero-order valence-electron chi connectivity index (χ0n) is 19.7. The Balaban J connectivity index is 1.48. The molecule has 8 nitrogen and oxygen atoms in total. The predicted molar refractivity (Wildman–Crippen MR) is 128 cm³/mol. The van der Waals surface area contributed by atoms with Crippen LogP contribution in [0.25, 0.3) is 0 Å². The Kier molecular flexibility index (Phi) is 6.91. The Labute approximate surface area is 205 Å². The van der Waals surface area contributed by atoms with Crippen molar-refractivity contribution in [3.8, 4) is 5.75 Å². The second kappa shape index (κ2) is 9.80. The highest BCUT2D eigenvalue weighted by atomic mass is 32.2. The fourth-order valence-electron chi connectivity index (χ4n) is 5.15. The molecule has 2 fully saturated rings. The Morgan fingerprint density at radius 2 is 1.77 bits per heavy atom. The summed E-state index contributed by atoms with van der Waals surface area (Å²) in [5, 5.41) is 31.2. The SMILES string of the molecule is CS(=O)(=O)[C@H]1O[C@@H](c2ccc(C3COC3)c(Cc3ccc4c(c3)CCCCO4)c2)[C@H](O)[C@@H](O)[C@@H]1O. The number of sulfone groups is 1. The summed E-state index contributed by atoms with van der Waals surface area (Å²) >= 11 is 0. The monoisotopic (exact) mass is 504 g/mol. The van der Waals surface area contributed by atoms with E-state index < -0.39 is 39.7 Å². The molecule has 0 unspecified atom stereocenters. The summed E-state index contributed by atoms with van der Waals surface area (Å²) in [4.78, 5) is 0. The van der Waals surface area contributed by atoms with Crippen molar-refractivity contribution in [2.24, 2.45) is 0 Å². The Morgan fingerprint density at radius 3 is 2.49 bits per heavy atom. The summed E-state index contributed by atoms with van der Waals surface area (Å²) in [6.45, 7) is 2.00. The van der Waals surface area contributed by atoms with Crippen LogP contribution in [-0.4, -0.2) is 73.6 Å². The van der Waals surface area contributed by atoms with Crippen LogP contribution in [-0.2, 0) is 32.2 Å². The number of benzene rings is 2. The lowest BCUT2D eigenvalue weighted by atomic mass is 9.86. The minimum absolute atomic E-state index is 0.261. The molecule has 0 saturated carbocycles. The first-order valence-electron chi connectivity index (χ1n) is 12.1. The lowest BCUT2D eigenvalue weighted by Crippen LogP contribution is -2.56. The third-order valence-electron chi connectivity index (χ3n) is 7.18. The van der Waals surface area contributed by atoms with Crippen molar-refractivity contribution in [1.82, 2.24) is 0 Å². The summed E-state index contributed by atoms with van der Waals surface area (Å²) in [6.07, 6.45) is -1.28. The van der Waals surface area contributed by atoms with Crippen molar-refractivity contribution >= 4 is 9.84 Å². The van der Waals surface area contributed by atoms with E-state index >= 15 is 0 Å². The van der Waals surface area contributed by atoms with E-state index in [4.69, 9.17) is 14.2 Å². The van der Waals surface area contributed by atoms with E-state index in [0.717, 1.165) is 54.6 Å². The quantitative estimate of drug-likeness (QED) is 0.562. The second-order valence-electron chi connectivity index (χ2n) is 9.84. The first-order chi connectivity index (χ1) is 16.7. The maximum atomic E-state index is 12.2. The van der Waals surface area contributed by atoms with Gasteiger partial charge in [-0.3, -0.25) is 0 Å². The molecule has 190 valence electrons. The molecule has 3 aliphatic rings. The van der Waals surface area contributed by atoms with Crippen LogP contribution in [0.3, 0.4) is 0 Å². The first-order valence-corrected chi connectivity index (χ1v) is 14.0. The highest BCUT2D eigenvalue weighted by molar-refractivity contribution is 7.91. The van der Waals surface area contributed by atoms with Gasteiger partial charge < -0.3 is 29.5 Å². The molecular formula is C26H32O8S. The van der Waals surface area contributed by atoms with Crippen LogP contribution in [0.4, 0.5) is 0 Å². The van der Waals surface area contributed by atoms with Crippen molar-refractivity contribution in [3.63, 3.8) is 0 Å². The molecule has 35 heavy (non-hydrogen) atoms. The van der Waals surface area contributed by atoms with Gasteiger partial charge in [-0.2, -0.15) is 0 Å². The molecule has 5 atom stereocenters.